The molecular weight excluding hydrogens is 900 g/mol. The molecule has 1 aromatic carbocycles. The highest BCUT2D eigenvalue weighted by Crippen LogP contribution is 2.38. The minimum Gasteiger partial charge on any atom is -0.396 e. The summed E-state index contributed by atoms with van der Waals surface area (Å²) < 4.78 is 45.7. The van der Waals surface area contributed by atoms with Crippen molar-refractivity contribution in [3.8, 4) is 0 Å². The van der Waals surface area contributed by atoms with Crippen molar-refractivity contribution in [1.82, 2.24) is 35.6 Å². The highest BCUT2D eigenvalue weighted by atomic mass is 32.1. The maximum absolute atomic E-state index is 15.1. The first kappa shape index (κ1) is 49.7. The van der Waals surface area contributed by atoms with Crippen molar-refractivity contribution in [2.24, 2.45) is 5.92 Å². The van der Waals surface area contributed by atoms with Gasteiger partial charge in [0, 0.05) is 61.6 Å². The van der Waals surface area contributed by atoms with Crippen LogP contribution in [-0.4, -0.2) is 120 Å². The molecule has 5 heterocycles. The number of carbonyl (C=O) groups is 2. The number of pyridine rings is 4. The van der Waals surface area contributed by atoms with Crippen LogP contribution in [0.15, 0.2) is 78.7 Å². The van der Waals surface area contributed by atoms with Crippen molar-refractivity contribution >= 4 is 78.9 Å². The quantitative estimate of drug-likeness (QED) is 0.0397. The molecule has 5 aromatic heterocycles. The molecule has 0 aliphatic heterocycles. The zero-order valence-electron chi connectivity index (χ0n) is 38.7. The van der Waals surface area contributed by atoms with Crippen LogP contribution in [0.4, 0.5) is 47.7 Å². The number of benzene rings is 1. The van der Waals surface area contributed by atoms with E-state index in [2.05, 4.69) is 41.5 Å². The Bertz CT molecular complexity index is 2730. The average molecular weight is 958 g/mol. The number of hydrogen-bond acceptors (Lipinski definition) is 15. The first-order valence-electron chi connectivity index (χ1n) is 22.4. The summed E-state index contributed by atoms with van der Waals surface area (Å²) in [6.45, 7) is 6.67. The van der Waals surface area contributed by atoms with Crippen molar-refractivity contribution in [2.75, 3.05) is 47.1 Å². The fraction of sp³-hybridized carbons (Fsp3) is 0.438. The maximum Gasteiger partial charge on any atom is 0.255 e. The van der Waals surface area contributed by atoms with Gasteiger partial charge in [0.2, 0.25) is 0 Å². The zero-order chi connectivity index (χ0) is 49.0. The Hall–Kier alpha value is -6.22. The lowest BCUT2D eigenvalue weighted by Gasteiger charge is -2.41. The van der Waals surface area contributed by atoms with Crippen LogP contribution in [0.25, 0.3) is 21.3 Å². The van der Waals surface area contributed by atoms with Crippen molar-refractivity contribution in [3.63, 3.8) is 0 Å². The van der Waals surface area contributed by atoms with Crippen molar-refractivity contribution in [2.45, 2.75) is 102 Å². The number of carbonyl (C=O) groups excluding carboxylic acids is 2. The Labute approximate surface area is 396 Å². The van der Waals surface area contributed by atoms with E-state index in [4.69, 9.17) is 9.97 Å². The van der Waals surface area contributed by atoms with Crippen molar-refractivity contribution in [1.29, 1.82) is 0 Å². The number of amides is 2. The Morgan fingerprint density at radius 1 is 0.794 bits per heavy atom. The van der Waals surface area contributed by atoms with Gasteiger partial charge in [-0.25, -0.2) is 33.1 Å². The van der Waals surface area contributed by atoms with Gasteiger partial charge >= 0.3 is 0 Å². The lowest BCUT2D eigenvalue weighted by molar-refractivity contribution is -0.00209. The minimum absolute atomic E-state index is 0.00880. The van der Waals surface area contributed by atoms with E-state index in [0.717, 1.165) is 15.9 Å². The Morgan fingerprint density at radius 3 is 2.15 bits per heavy atom. The molecule has 6 aromatic rings. The van der Waals surface area contributed by atoms with Gasteiger partial charge in [0.05, 0.1) is 73.6 Å². The third kappa shape index (κ3) is 12.5. The van der Waals surface area contributed by atoms with Gasteiger partial charge in [0.15, 0.2) is 0 Å². The summed E-state index contributed by atoms with van der Waals surface area (Å²) in [5.74, 6) is -0.423. The van der Waals surface area contributed by atoms with E-state index in [1.54, 1.807) is 36.0 Å². The second-order valence-electron chi connectivity index (χ2n) is 18.9. The fourth-order valence-corrected chi connectivity index (χ4v) is 8.56. The topological polar surface area (TPSA) is 223 Å². The maximum atomic E-state index is 15.1. The Morgan fingerprint density at radius 2 is 1.47 bits per heavy atom. The first-order chi connectivity index (χ1) is 32.1. The molecule has 1 aliphatic rings. The lowest BCUT2D eigenvalue weighted by atomic mass is 9.81. The molecule has 1 fully saturated rings. The molecule has 5 unspecified atom stereocenters. The number of anilines is 6. The molecule has 362 valence electrons. The number of thiazole rings is 1. The van der Waals surface area contributed by atoms with Crippen LogP contribution in [0.5, 0.6) is 0 Å². The van der Waals surface area contributed by atoms with Gasteiger partial charge in [0.25, 0.3) is 11.8 Å². The third-order valence-electron chi connectivity index (χ3n) is 11.7. The van der Waals surface area contributed by atoms with E-state index >= 15 is 4.39 Å². The van der Waals surface area contributed by atoms with Gasteiger partial charge < -0.3 is 46.8 Å². The largest absolute Gasteiger partial charge is 0.396 e. The number of rotatable bonds is 19. The Kier molecular flexibility index (Phi) is 15.0. The van der Waals surface area contributed by atoms with Gasteiger partial charge in [-0.1, -0.05) is 0 Å². The number of hydrogen-bond donors (Lipinski definition) is 8. The number of aliphatic hydroxyl groups is 3. The molecule has 1 saturated carbocycles. The van der Waals surface area contributed by atoms with Gasteiger partial charge in [-0.2, -0.15) is 0 Å². The highest BCUT2D eigenvalue weighted by molar-refractivity contribution is 7.16. The molecule has 5 atom stereocenters. The van der Waals surface area contributed by atoms with Crippen LogP contribution in [0.1, 0.15) is 81.5 Å². The predicted octanol–water partition coefficient (Wildman–Crippen LogP) is 7.39. The highest BCUT2D eigenvalue weighted by Gasteiger charge is 2.36. The fourth-order valence-electron chi connectivity index (χ4n) is 7.84. The molecule has 16 nitrogen and oxygen atoms in total. The van der Waals surface area contributed by atoms with Crippen LogP contribution in [0, 0.1) is 5.92 Å². The molecule has 7 rings (SSSR count). The SMILES string of the molecule is CC(C)(F)CNc1cc(N(c2ccc3ncccc3n2)C2CC(CO)CC(Nc3cc(Nc4ccc5ncsc5c4)ncc3C(=O)NCC(F)C(C)(C)O)C2)ncc1C(=O)NCC(F)C(C)(C)O. The normalized spacial score (nSPS) is 17.6. The van der Waals surface area contributed by atoms with Crippen LogP contribution in [-0.2, 0) is 0 Å². The van der Waals surface area contributed by atoms with E-state index in [1.807, 2.05) is 35.2 Å². The van der Waals surface area contributed by atoms with E-state index < -0.39 is 66.2 Å². The first-order valence-corrected chi connectivity index (χ1v) is 23.2. The number of nitrogens with one attached hydrogen (secondary N) is 5. The zero-order valence-corrected chi connectivity index (χ0v) is 39.5. The van der Waals surface area contributed by atoms with Crippen molar-refractivity contribution < 1.29 is 38.1 Å². The number of aromatic nitrogens is 5. The summed E-state index contributed by atoms with van der Waals surface area (Å²) in [6.07, 6.45) is 2.14. The van der Waals surface area contributed by atoms with Gasteiger partial charge in [-0.05, 0) is 109 Å². The lowest BCUT2D eigenvalue weighted by Crippen LogP contribution is -2.45. The minimum atomic E-state index is -1.78. The van der Waals surface area contributed by atoms with E-state index in [-0.39, 0.29) is 35.9 Å². The molecule has 68 heavy (non-hydrogen) atoms. The average Bonchev–Trinajstić information content (AvgIpc) is 3.76. The standard InChI is InChI=1S/C48H58F3N11O5S/c1-46(2,51)25-57-36-19-43(54-21-31(36)44(64)55-22-39(49)47(3,4)66)62(42-12-11-33-34(61-42)8-7-13-52-33)30-15-27(24-63)14-29(16-30)59-37-18-41(60-28-9-10-35-38(17-28)68-26-58-35)53-20-32(37)45(65)56-23-40(50)48(5,6)67/h7-13,17-21,26-27,29-30,39-40,63,66-67H,14-16,22-25H2,1-6H3,(H,54,57)(H,55,64)(H,56,65)(H2,53,59,60). The summed E-state index contributed by atoms with van der Waals surface area (Å²) in [5, 5.41) is 46.2. The summed E-state index contributed by atoms with van der Waals surface area (Å²) in [4.78, 5) is 52.4. The van der Waals surface area contributed by atoms with Gasteiger partial charge in [0.1, 0.15) is 35.5 Å². The summed E-state index contributed by atoms with van der Waals surface area (Å²) in [7, 11) is 0. The van der Waals surface area contributed by atoms with E-state index in [9.17, 15) is 33.7 Å². The number of nitrogens with zero attached hydrogens (tertiary/aromatic N) is 6. The number of halogens is 3. The molecule has 8 N–H and O–H groups in total. The van der Waals surface area contributed by atoms with Gasteiger partial charge in [-0.15, -0.1) is 11.3 Å². The van der Waals surface area contributed by atoms with Crippen LogP contribution in [0.2, 0.25) is 0 Å². The number of fused-ring (bicyclic) bond motifs is 2. The van der Waals surface area contributed by atoms with Crippen molar-refractivity contribution in [3.05, 3.63) is 89.8 Å². The second-order valence-corrected chi connectivity index (χ2v) is 19.8. The number of alkyl halides is 3. The monoisotopic (exact) mass is 957 g/mol. The molecule has 1 aliphatic carbocycles. The molecular formula is C48H58F3N11O5S. The van der Waals surface area contributed by atoms with Crippen LogP contribution < -0.4 is 31.5 Å². The molecule has 0 bridgehead atoms. The van der Waals surface area contributed by atoms with Gasteiger partial charge in [-0.3, -0.25) is 14.6 Å². The van der Waals surface area contributed by atoms with Crippen LogP contribution in [0.3, 0.4) is 0 Å². The third-order valence-corrected chi connectivity index (χ3v) is 12.5. The van der Waals surface area contributed by atoms with Crippen LogP contribution >= 0.6 is 11.3 Å². The summed E-state index contributed by atoms with van der Waals surface area (Å²) in [6, 6.07) is 15.3. The molecule has 0 saturated heterocycles. The van der Waals surface area contributed by atoms with E-state index in [1.165, 1.54) is 65.3 Å². The number of aliphatic hydroxyl groups excluding tert-OH is 1. The second kappa shape index (κ2) is 20.6. The molecule has 0 spiro atoms. The molecule has 0 radical (unpaired) electrons. The summed E-state index contributed by atoms with van der Waals surface area (Å²) in [5.41, 5.74) is 0.137. The summed E-state index contributed by atoms with van der Waals surface area (Å²) >= 11 is 1.49. The Balaban J connectivity index is 1.26. The van der Waals surface area contributed by atoms with E-state index in [0.29, 0.717) is 53.4 Å². The predicted molar refractivity (Wildman–Crippen MR) is 259 cm³/mol. The smallest absolute Gasteiger partial charge is 0.255 e. The molecule has 20 heteroatoms. The molecule has 2 amide bonds.